The van der Waals surface area contributed by atoms with Crippen LogP contribution in [0.25, 0.3) is 0 Å². The van der Waals surface area contributed by atoms with Gasteiger partial charge >= 0.3 is 30.4 Å². The zero-order valence-corrected chi connectivity index (χ0v) is 5.54. The molecule has 0 radical (unpaired) electrons. The summed E-state index contributed by atoms with van der Waals surface area (Å²) >= 11 is 0. The molecule has 6 nitrogen and oxygen atoms in total. The van der Waals surface area contributed by atoms with E-state index in [1.807, 2.05) is 0 Å². The second kappa shape index (κ2) is 25.6. The predicted octanol–water partition coefficient (Wildman–Crippen LogP) is -4.68. The molecule has 0 aliphatic rings. The van der Waals surface area contributed by atoms with Gasteiger partial charge < -0.3 is 34.4 Å². The van der Waals surface area contributed by atoms with Crippen LogP contribution in [0.3, 0.4) is 0 Å². The van der Waals surface area contributed by atoms with Crippen molar-refractivity contribution in [3.8, 4) is 0 Å². The Bertz CT molecular complexity index is 20.5. The minimum atomic E-state index is -2.17. The van der Waals surface area contributed by atoms with Gasteiger partial charge in [-0.2, -0.15) is 0 Å². The van der Waals surface area contributed by atoms with Crippen LogP contribution < -0.4 is 0 Å². The summed E-state index contributed by atoms with van der Waals surface area (Å²) in [6.45, 7) is 0. The maximum Gasteiger partial charge on any atom is 2.00 e. The standard InChI is InChI=1S/BH3O3.Mg.3H2O.2H/c2-1(3)4;;;;;;/h2-4H;;3*1H2;;/q;+2;;;;2*-1. The van der Waals surface area contributed by atoms with E-state index >= 15 is 0 Å². The first-order valence-corrected chi connectivity index (χ1v) is 0.775. The quantitative estimate of drug-likeness (QED) is 0.291. The van der Waals surface area contributed by atoms with Gasteiger partial charge in [-0.15, -0.1) is 0 Å². The molecule has 0 spiro atoms. The molecule has 0 amide bonds. The van der Waals surface area contributed by atoms with E-state index in [0.717, 1.165) is 0 Å². The zero-order chi connectivity index (χ0) is 3.58. The molecule has 0 aromatic heterocycles. The fourth-order valence-corrected chi connectivity index (χ4v) is 0. The third-order valence-electron chi connectivity index (χ3n) is 0. The van der Waals surface area contributed by atoms with Crippen molar-refractivity contribution in [2.45, 2.75) is 0 Å². The van der Waals surface area contributed by atoms with Gasteiger partial charge in [-0.1, -0.05) is 0 Å². The maximum atomic E-state index is 7.17. The molecule has 9 N–H and O–H groups in total. The van der Waals surface area contributed by atoms with Crippen LogP contribution in [0.15, 0.2) is 0 Å². The van der Waals surface area contributed by atoms with Crippen molar-refractivity contribution in [1.29, 1.82) is 0 Å². The van der Waals surface area contributed by atoms with Gasteiger partial charge in [0.15, 0.2) is 0 Å². The maximum absolute atomic E-state index is 7.17. The van der Waals surface area contributed by atoms with Crippen molar-refractivity contribution >= 4 is 30.4 Å². The van der Waals surface area contributed by atoms with E-state index in [4.69, 9.17) is 15.1 Å². The van der Waals surface area contributed by atoms with Gasteiger partial charge in [0.1, 0.15) is 0 Å². The van der Waals surface area contributed by atoms with Crippen LogP contribution in [0.1, 0.15) is 2.85 Å². The summed E-state index contributed by atoms with van der Waals surface area (Å²) in [6.07, 6.45) is 0. The SMILES string of the molecule is O.O.O.OB(O)O.[H-].[H-].[Mg+2]. The third kappa shape index (κ3) is 590. The van der Waals surface area contributed by atoms with Gasteiger partial charge in [0, 0.05) is 0 Å². The molecule has 0 aliphatic heterocycles. The molecule has 0 heterocycles. The molecule has 0 rings (SSSR count). The van der Waals surface area contributed by atoms with Crippen molar-refractivity contribution in [3.05, 3.63) is 0 Å². The molecule has 0 aliphatic carbocycles. The first-order valence-electron chi connectivity index (χ1n) is 0.775. The first kappa shape index (κ1) is 38.4. The van der Waals surface area contributed by atoms with Gasteiger partial charge in [0.2, 0.25) is 0 Å². The molecular weight excluding hydrogens is 131 g/mol. The number of hydrogen-bond donors (Lipinski definition) is 3. The minimum absolute atomic E-state index is 0. The summed E-state index contributed by atoms with van der Waals surface area (Å²) in [6, 6.07) is 0. The summed E-state index contributed by atoms with van der Waals surface area (Å²) < 4.78 is 0. The molecule has 0 aromatic rings. The molecule has 8 heteroatoms. The van der Waals surface area contributed by atoms with E-state index in [0.29, 0.717) is 0 Å². The number of hydrogen-bond acceptors (Lipinski definition) is 3. The van der Waals surface area contributed by atoms with E-state index in [-0.39, 0.29) is 42.3 Å². The summed E-state index contributed by atoms with van der Waals surface area (Å²) in [5.74, 6) is 0. The van der Waals surface area contributed by atoms with Crippen molar-refractivity contribution in [3.63, 3.8) is 0 Å². The van der Waals surface area contributed by atoms with Crippen LogP contribution in [-0.2, 0) is 0 Å². The van der Waals surface area contributed by atoms with Crippen molar-refractivity contribution in [2.75, 3.05) is 0 Å². The molecule has 0 unspecified atom stereocenters. The van der Waals surface area contributed by atoms with E-state index in [9.17, 15) is 0 Å². The van der Waals surface area contributed by atoms with Crippen molar-refractivity contribution in [1.82, 2.24) is 0 Å². The van der Waals surface area contributed by atoms with E-state index in [2.05, 4.69) is 0 Å². The summed E-state index contributed by atoms with van der Waals surface area (Å²) in [5, 5.41) is 21.5. The van der Waals surface area contributed by atoms with Crippen LogP contribution in [0.2, 0.25) is 0 Å². The zero-order valence-electron chi connectivity index (χ0n) is 6.13. The fourth-order valence-electron chi connectivity index (χ4n) is 0. The molecule has 0 fully saturated rings. The Kier molecular flexibility index (Phi) is 123. The normalized spacial score (nSPS) is 3.38. The van der Waals surface area contributed by atoms with Gasteiger partial charge in [-0.05, 0) is 0 Å². The predicted molar refractivity (Wildman–Crippen MR) is 31.2 cm³/mol. The van der Waals surface area contributed by atoms with Crippen LogP contribution in [0.5, 0.6) is 0 Å². The summed E-state index contributed by atoms with van der Waals surface area (Å²) in [7, 11) is -2.17. The molecule has 52 valence electrons. The molecule has 0 aromatic carbocycles. The average Bonchev–Trinajstić information content (AvgIpc) is 0.811. The minimum Gasteiger partial charge on any atom is -1.00 e. The molecule has 0 saturated carbocycles. The summed E-state index contributed by atoms with van der Waals surface area (Å²) in [5.41, 5.74) is 0. The van der Waals surface area contributed by atoms with Crippen LogP contribution >= 0.6 is 0 Å². The summed E-state index contributed by atoms with van der Waals surface area (Å²) in [4.78, 5) is 0. The van der Waals surface area contributed by atoms with Crippen molar-refractivity contribution in [2.24, 2.45) is 0 Å². The Morgan fingerprint density at radius 1 is 0.875 bits per heavy atom. The average molecular weight is 142 g/mol. The number of rotatable bonds is 0. The molecular formula is H11BMgO6. The Labute approximate surface area is 65.4 Å². The van der Waals surface area contributed by atoms with Gasteiger partial charge in [0.05, 0.1) is 0 Å². The third-order valence-corrected chi connectivity index (χ3v) is 0. The first-order chi connectivity index (χ1) is 1.73. The fraction of sp³-hybridized carbons (Fsp3) is 0. The van der Waals surface area contributed by atoms with Gasteiger partial charge in [-0.25, -0.2) is 0 Å². The molecule has 0 bridgehead atoms. The van der Waals surface area contributed by atoms with Crippen LogP contribution in [0.4, 0.5) is 0 Å². The Morgan fingerprint density at radius 3 is 0.875 bits per heavy atom. The van der Waals surface area contributed by atoms with Gasteiger partial charge in [0.25, 0.3) is 0 Å². The second-order valence-electron chi connectivity index (χ2n) is 0.346. The molecule has 8 heavy (non-hydrogen) atoms. The van der Waals surface area contributed by atoms with E-state index in [1.54, 1.807) is 0 Å². The van der Waals surface area contributed by atoms with Gasteiger partial charge in [-0.3, -0.25) is 0 Å². The largest absolute Gasteiger partial charge is 2.00 e. The Hall–Kier alpha value is 0.591. The second-order valence-corrected chi connectivity index (χ2v) is 0.346. The topological polar surface area (TPSA) is 155 Å². The Balaban J connectivity index is -0.00000000300. The van der Waals surface area contributed by atoms with Crippen LogP contribution in [0, 0.1) is 0 Å². The van der Waals surface area contributed by atoms with Crippen molar-refractivity contribution < 1.29 is 34.4 Å². The molecule has 0 atom stereocenters. The molecule has 0 saturated heterocycles. The monoisotopic (exact) mass is 142 g/mol. The smallest absolute Gasteiger partial charge is 1.00 e. The van der Waals surface area contributed by atoms with E-state index in [1.165, 1.54) is 0 Å². The Morgan fingerprint density at radius 2 is 0.875 bits per heavy atom. The van der Waals surface area contributed by atoms with E-state index < -0.39 is 7.32 Å². The van der Waals surface area contributed by atoms with Crippen LogP contribution in [-0.4, -0.2) is 61.9 Å².